The van der Waals surface area contributed by atoms with Crippen molar-refractivity contribution in [2.45, 2.75) is 121 Å². The van der Waals surface area contributed by atoms with Gasteiger partial charge in [-0.2, -0.15) is 0 Å². The molecule has 1 aliphatic rings. The lowest BCUT2D eigenvalue weighted by molar-refractivity contribution is -0.145. The van der Waals surface area contributed by atoms with Gasteiger partial charge in [0.1, 0.15) is 48.0 Å². The van der Waals surface area contributed by atoms with Crippen molar-refractivity contribution in [3.05, 3.63) is 70.4 Å². The summed E-state index contributed by atoms with van der Waals surface area (Å²) in [5.41, 5.74) is 11.9. The molecular formula is C47H69N13O10S. The van der Waals surface area contributed by atoms with Crippen LogP contribution in [0.2, 0.25) is 0 Å². The number of likely N-dealkylation sites (tertiary alicyclic amines) is 1. The lowest BCUT2D eigenvalue weighted by atomic mass is 9.96. The molecule has 0 saturated carbocycles. The van der Waals surface area contributed by atoms with Crippen LogP contribution >= 0.6 is 11.3 Å². The number of guanidine groups is 1. The van der Waals surface area contributed by atoms with Gasteiger partial charge in [-0.05, 0) is 73.7 Å². The highest BCUT2D eigenvalue weighted by molar-refractivity contribution is 7.09. The zero-order valence-corrected chi connectivity index (χ0v) is 41.6. The Morgan fingerprint density at radius 1 is 0.845 bits per heavy atom. The number of carboxylic acid groups (broad SMARTS) is 1. The van der Waals surface area contributed by atoms with E-state index >= 15 is 0 Å². The molecule has 14 N–H and O–H groups in total. The van der Waals surface area contributed by atoms with Crippen LogP contribution in [0.3, 0.4) is 0 Å². The van der Waals surface area contributed by atoms with E-state index < -0.39 is 101 Å². The van der Waals surface area contributed by atoms with E-state index in [1.54, 1.807) is 57.5 Å². The Kier molecular flexibility index (Phi) is 22.2. The lowest BCUT2D eigenvalue weighted by Gasteiger charge is -2.32. The van der Waals surface area contributed by atoms with E-state index in [1.807, 2.05) is 6.92 Å². The van der Waals surface area contributed by atoms with Gasteiger partial charge in [0, 0.05) is 49.1 Å². The molecule has 1 aromatic carbocycles. The highest BCUT2D eigenvalue weighted by Crippen LogP contribution is 2.22. The molecule has 71 heavy (non-hydrogen) atoms. The fourth-order valence-electron chi connectivity index (χ4n) is 7.94. The normalized spacial score (nSPS) is 16.3. The summed E-state index contributed by atoms with van der Waals surface area (Å²) in [5.74, 6) is -7.11. The number of likely N-dealkylation sites (N-methyl/N-ethyl adjacent to an activating group) is 1. The SMILES string of the molecule is CC[C@H](C)[C@H](NC(=O)[C@H](Cc1ccc(O)cc1)NC(=O)[C@@H](NC(=O)[C@H](CCCN=C(N)N)NC(=O)CNC)C(C)C)C(=O)N[C@@H](Cc1cnc[nH]1)C(=O)N1CCC[C@H]1C(=O)N[C@@H](Cc1cccs1)C(=O)O. The maximum Gasteiger partial charge on any atom is 0.326 e. The first-order valence-electron chi connectivity index (χ1n) is 23.6. The van der Waals surface area contributed by atoms with Crippen LogP contribution in [0.15, 0.2) is 59.3 Å². The standard InChI is InChI=1S/C47H69N13O10S/c1-6-27(4)39(44(67)56-34(21-29-23-51-25-53-29)45(68)60-18-8-12-36(60)42(65)57-35(46(69)70)22-31-10-9-19-71-31)59-41(64)33(20-28-13-15-30(61)16-14-28)55-43(66)38(26(2)3)58-40(63)32(54-37(62)24-50-5)11-7-17-52-47(48)49/h9-10,13-16,19,23,25-27,32-36,38-39,50,61H,6-8,11-12,17-18,20-22,24H2,1-5H3,(H,51,53)(H,54,62)(H,55,66)(H,56,67)(H,57,65)(H,58,63)(H,59,64)(H,69,70)(H4,48,49,52)/t27-,32-,33-,34-,35-,36-,38-,39-/m0/s1. The lowest BCUT2D eigenvalue weighted by Crippen LogP contribution is -2.62. The second-order valence-electron chi connectivity index (χ2n) is 17.8. The van der Waals surface area contributed by atoms with Crippen LogP contribution in [0.5, 0.6) is 5.75 Å². The van der Waals surface area contributed by atoms with Gasteiger partial charge in [0.05, 0.1) is 12.9 Å². The van der Waals surface area contributed by atoms with Gasteiger partial charge in [-0.3, -0.25) is 38.6 Å². The van der Waals surface area contributed by atoms with Gasteiger partial charge in [0.2, 0.25) is 41.4 Å². The second kappa shape index (κ2) is 27.9. The number of phenolic OH excluding ortho intramolecular Hbond substituents is 1. The number of phenols is 1. The number of hydrogen-bond acceptors (Lipinski definition) is 13. The quantitative estimate of drug-likeness (QED) is 0.0240. The highest BCUT2D eigenvalue weighted by atomic mass is 32.1. The van der Waals surface area contributed by atoms with Gasteiger partial charge >= 0.3 is 5.97 Å². The molecule has 388 valence electrons. The molecule has 0 aliphatic carbocycles. The number of rotatable bonds is 28. The molecule has 0 spiro atoms. The van der Waals surface area contributed by atoms with E-state index in [1.165, 1.54) is 40.9 Å². The van der Waals surface area contributed by atoms with Crippen LogP contribution in [0, 0.1) is 11.8 Å². The molecule has 2 aromatic heterocycles. The highest BCUT2D eigenvalue weighted by Gasteiger charge is 2.41. The number of aromatic nitrogens is 2. The summed E-state index contributed by atoms with van der Waals surface area (Å²) in [6.45, 7) is 7.16. The molecule has 8 atom stereocenters. The van der Waals surface area contributed by atoms with Crippen LogP contribution in [0.4, 0.5) is 0 Å². The summed E-state index contributed by atoms with van der Waals surface area (Å²) in [5, 5.41) is 40.8. The fraction of sp³-hybridized carbons (Fsp3) is 0.532. The first-order chi connectivity index (χ1) is 33.8. The second-order valence-corrected chi connectivity index (χ2v) is 18.9. The van der Waals surface area contributed by atoms with Crippen molar-refractivity contribution in [2.24, 2.45) is 28.3 Å². The number of aromatic hydroxyl groups is 1. The fourth-order valence-corrected chi connectivity index (χ4v) is 8.69. The van der Waals surface area contributed by atoms with E-state index in [9.17, 15) is 48.6 Å². The molecule has 0 bridgehead atoms. The molecule has 3 aromatic rings. The van der Waals surface area contributed by atoms with Gasteiger partial charge in [0.25, 0.3) is 0 Å². The summed E-state index contributed by atoms with van der Waals surface area (Å²) in [6.07, 6.45) is 4.26. The minimum absolute atomic E-state index is 0.0387. The van der Waals surface area contributed by atoms with Gasteiger partial charge in [-0.25, -0.2) is 9.78 Å². The van der Waals surface area contributed by atoms with Crippen molar-refractivity contribution in [2.75, 3.05) is 26.7 Å². The number of imidazole rings is 1. The number of carbonyl (C=O) groups is 8. The summed E-state index contributed by atoms with van der Waals surface area (Å²) >= 11 is 1.35. The van der Waals surface area contributed by atoms with E-state index in [0.717, 1.165) is 4.88 Å². The minimum atomic E-state index is -1.35. The summed E-state index contributed by atoms with van der Waals surface area (Å²) in [7, 11) is 1.57. The molecule has 0 radical (unpaired) electrons. The third-order valence-corrected chi connectivity index (χ3v) is 12.9. The van der Waals surface area contributed by atoms with Crippen LogP contribution in [-0.4, -0.2) is 147 Å². The average Bonchev–Trinajstić information content (AvgIpc) is 4.15. The number of aliphatic imine (C=N–C) groups is 1. The molecule has 1 saturated heterocycles. The Morgan fingerprint density at radius 2 is 1.52 bits per heavy atom. The molecule has 4 rings (SSSR count). The Labute approximate surface area is 416 Å². The third-order valence-electron chi connectivity index (χ3n) is 12.0. The van der Waals surface area contributed by atoms with Crippen LogP contribution in [0.25, 0.3) is 0 Å². The Morgan fingerprint density at radius 3 is 2.13 bits per heavy atom. The number of carbonyl (C=O) groups excluding carboxylic acids is 7. The van der Waals surface area contributed by atoms with Crippen LogP contribution in [0.1, 0.15) is 75.9 Å². The number of aromatic amines is 1. The molecule has 1 aliphatic heterocycles. The maximum atomic E-state index is 14.5. The van der Waals surface area contributed by atoms with Crippen molar-refractivity contribution in [3.8, 4) is 5.75 Å². The smallest absolute Gasteiger partial charge is 0.326 e. The number of carboxylic acids is 1. The summed E-state index contributed by atoms with van der Waals surface area (Å²) < 4.78 is 0. The summed E-state index contributed by atoms with van der Waals surface area (Å²) in [4.78, 5) is 123. The van der Waals surface area contributed by atoms with E-state index in [0.29, 0.717) is 30.5 Å². The van der Waals surface area contributed by atoms with Crippen LogP contribution < -0.4 is 48.7 Å². The zero-order chi connectivity index (χ0) is 52.2. The molecule has 23 nitrogen and oxygen atoms in total. The van der Waals surface area contributed by atoms with Crippen molar-refractivity contribution in [1.29, 1.82) is 0 Å². The van der Waals surface area contributed by atoms with Crippen molar-refractivity contribution < 1.29 is 48.6 Å². The molecule has 7 amide bonds. The van der Waals surface area contributed by atoms with E-state index in [2.05, 4.69) is 52.2 Å². The molecule has 24 heteroatoms. The first-order valence-corrected chi connectivity index (χ1v) is 24.5. The minimum Gasteiger partial charge on any atom is -0.508 e. The van der Waals surface area contributed by atoms with Crippen molar-refractivity contribution >= 4 is 64.6 Å². The number of aliphatic carboxylic acids is 1. The number of amides is 7. The Bertz CT molecular complexity index is 2270. The zero-order valence-electron chi connectivity index (χ0n) is 40.7. The number of nitrogens with two attached hydrogens (primary N) is 2. The maximum absolute atomic E-state index is 14.5. The molecule has 1 fully saturated rings. The average molecular weight is 1010 g/mol. The number of hydrogen-bond donors (Lipinski definition) is 12. The molecular weight excluding hydrogens is 939 g/mol. The number of nitrogens with zero attached hydrogens (tertiary/aromatic N) is 3. The van der Waals surface area contributed by atoms with Gasteiger partial charge < -0.3 is 68.8 Å². The summed E-state index contributed by atoms with van der Waals surface area (Å²) in [6, 6.07) is 1.04. The molecule has 3 heterocycles. The van der Waals surface area contributed by atoms with E-state index in [4.69, 9.17) is 11.5 Å². The molecule has 0 unspecified atom stereocenters. The van der Waals surface area contributed by atoms with Crippen molar-refractivity contribution in [1.82, 2.24) is 52.1 Å². The van der Waals surface area contributed by atoms with E-state index in [-0.39, 0.29) is 63.4 Å². The first kappa shape index (κ1) is 56.5. The number of H-pyrrole nitrogens is 1. The van der Waals surface area contributed by atoms with Crippen LogP contribution in [-0.2, 0) is 57.6 Å². The predicted molar refractivity (Wildman–Crippen MR) is 264 cm³/mol. The van der Waals surface area contributed by atoms with Crippen molar-refractivity contribution in [3.63, 3.8) is 0 Å². The van der Waals surface area contributed by atoms with Gasteiger partial charge in [-0.1, -0.05) is 52.3 Å². The Balaban J connectivity index is 1.58. The number of nitrogens with one attached hydrogen (secondary N) is 8. The van der Waals surface area contributed by atoms with Gasteiger partial charge in [0.15, 0.2) is 5.96 Å². The number of benzene rings is 1. The topological polar surface area (TPSA) is 358 Å². The Hall–Kier alpha value is -7.08. The predicted octanol–water partition coefficient (Wildman–Crippen LogP) is -0.836. The third kappa shape index (κ3) is 17.7. The largest absolute Gasteiger partial charge is 0.508 e. The van der Waals surface area contributed by atoms with Gasteiger partial charge in [-0.15, -0.1) is 11.3 Å². The monoisotopic (exact) mass is 1010 g/mol. The number of thiophene rings is 1.